The molecule has 3 rings (SSSR count). The van der Waals surface area contributed by atoms with Crippen molar-refractivity contribution in [1.29, 1.82) is 0 Å². The summed E-state index contributed by atoms with van der Waals surface area (Å²) in [6, 6.07) is 7.65. The lowest BCUT2D eigenvalue weighted by Gasteiger charge is -2.22. The molecule has 6 nitrogen and oxygen atoms in total. The van der Waals surface area contributed by atoms with Gasteiger partial charge in [0, 0.05) is 26.2 Å². The summed E-state index contributed by atoms with van der Waals surface area (Å²) in [5.74, 6) is -0.991. The predicted molar refractivity (Wildman–Crippen MR) is 89.6 cm³/mol. The first kappa shape index (κ1) is 17.0. The SMILES string of the molecule is Cc1cc(C(=O)N2CCCN(C(=O)c3ccccc3F)CC2)cnn1. The maximum Gasteiger partial charge on any atom is 0.256 e. The Morgan fingerprint density at radius 1 is 1.04 bits per heavy atom. The zero-order chi connectivity index (χ0) is 17.8. The molecule has 0 radical (unpaired) electrons. The van der Waals surface area contributed by atoms with Crippen LogP contribution < -0.4 is 0 Å². The second kappa shape index (κ2) is 7.38. The molecule has 0 saturated carbocycles. The molecule has 7 heteroatoms. The van der Waals surface area contributed by atoms with Crippen molar-refractivity contribution in [2.75, 3.05) is 26.2 Å². The average molecular weight is 342 g/mol. The van der Waals surface area contributed by atoms with Crippen LogP contribution in [0.25, 0.3) is 0 Å². The molecule has 1 aliphatic heterocycles. The highest BCUT2D eigenvalue weighted by Gasteiger charge is 2.25. The monoisotopic (exact) mass is 342 g/mol. The highest BCUT2D eigenvalue weighted by atomic mass is 19.1. The first-order valence-corrected chi connectivity index (χ1v) is 8.18. The van der Waals surface area contributed by atoms with Crippen LogP contribution in [0.2, 0.25) is 0 Å². The zero-order valence-corrected chi connectivity index (χ0v) is 14.0. The minimum absolute atomic E-state index is 0.0660. The third kappa shape index (κ3) is 3.81. The van der Waals surface area contributed by atoms with Gasteiger partial charge in [0.15, 0.2) is 0 Å². The summed E-state index contributed by atoms with van der Waals surface area (Å²) in [4.78, 5) is 28.4. The van der Waals surface area contributed by atoms with Gasteiger partial charge >= 0.3 is 0 Å². The largest absolute Gasteiger partial charge is 0.337 e. The molecule has 1 saturated heterocycles. The average Bonchev–Trinajstić information content (AvgIpc) is 2.87. The number of carbonyl (C=O) groups is 2. The van der Waals surface area contributed by atoms with E-state index in [0.29, 0.717) is 43.9 Å². The van der Waals surface area contributed by atoms with Gasteiger partial charge in [-0.05, 0) is 31.5 Å². The molecule has 0 bridgehead atoms. The molecule has 1 fully saturated rings. The number of hydrogen-bond acceptors (Lipinski definition) is 4. The maximum absolute atomic E-state index is 13.8. The van der Waals surface area contributed by atoms with Crippen molar-refractivity contribution >= 4 is 11.8 Å². The first-order valence-electron chi connectivity index (χ1n) is 8.18. The van der Waals surface area contributed by atoms with Gasteiger partial charge in [0.25, 0.3) is 11.8 Å². The van der Waals surface area contributed by atoms with E-state index in [4.69, 9.17) is 0 Å². The van der Waals surface area contributed by atoms with Crippen molar-refractivity contribution in [3.8, 4) is 0 Å². The van der Waals surface area contributed by atoms with Gasteiger partial charge in [-0.1, -0.05) is 12.1 Å². The molecule has 2 amide bonds. The van der Waals surface area contributed by atoms with E-state index >= 15 is 0 Å². The summed E-state index contributed by atoms with van der Waals surface area (Å²) in [6.07, 6.45) is 2.09. The fourth-order valence-corrected chi connectivity index (χ4v) is 2.90. The number of nitrogens with zero attached hydrogens (tertiary/aromatic N) is 4. The van der Waals surface area contributed by atoms with Crippen LogP contribution in [-0.2, 0) is 0 Å². The normalized spacial score (nSPS) is 15.0. The fraction of sp³-hybridized carbons (Fsp3) is 0.333. The number of aryl methyl sites for hydroxylation is 1. The molecule has 2 heterocycles. The van der Waals surface area contributed by atoms with Gasteiger partial charge in [0.05, 0.1) is 23.0 Å². The summed E-state index contributed by atoms with van der Waals surface area (Å²) in [5, 5.41) is 7.67. The smallest absolute Gasteiger partial charge is 0.256 e. The minimum atomic E-state index is -0.525. The number of rotatable bonds is 2. The Balaban J connectivity index is 1.69. The molecule has 0 unspecified atom stereocenters. The quantitative estimate of drug-likeness (QED) is 0.836. The van der Waals surface area contributed by atoms with Gasteiger partial charge in [0.1, 0.15) is 5.82 Å². The standard InChI is InChI=1S/C18H19FN4O2/c1-13-11-14(12-20-21-13)17(24)22-7-4-8-23(10-9-22)18(25)15-5-2-3-6-16(15)19/h2-3,5-6,11-12H,4,7-10H2,1H3. The molecular weight excluding hydrogens is 323 g/mol. The van der Waals surface area contributed by atoms with E-state index in [1.807, 2.05) is 0 Å². The molecular formula is C18H19FN4O2. The van der Waals surface area contributed by atoms with Crippen LogP contribution in [0.3, 0.4) is 0 Å². The van der Waals surface area contributed by atoms with Gasteiger partial charge in [0.2, 0.25) is 0 Å². The van der Waals surface area contributed by atoms with E-state index in [1.165, 1.54) is 18.3 Å². The van der Waals surface area contributed by atoms with Crippen molar-refractivity contribution in [3.05, 3.63) is 59.2 Å². The first-order chi connectivity index (χ1) is 12.1. The van der Waals surface area contributed by atoms with Gasteiger partial charge in [-0.25, -0.2) is 4.39 Å². The summed E-state index contributed by atoms with van der Waals surface area (Å²) < 4.78 is 13.8. The van der Waals surface area contributed by atoms with Gasteiger partial charge in [-0.3, -0.25) is 9.59 Å². The Labute approximate surface area is 145 Å². The summed E-state index contributed by atoms with van der Waals surface area (Å²) in [5.41, 5.74) is 1.23. The van der Waals surface area contributed by atoms with Crippen molar-refractivity contribution in [1.82, 2.24) is 20.0 Å². The number of halogens is 1. The summed E-state index contributed by atoms with van der Waals surface area (Å²) in [6.45, 7) is 3.59. The molecule has 25 heavy (non-hydrogen) atoms. The predicted octanol–water partition coefficient (Wildman–Crippen LogP) is 1.91. The Bertz CT molecular complexity index is 796. The zero-order valence-electron chi connectivity index (χ0n) is 14.0. The fourth-order valence-electron chi connectivity index (χ4n) is 2.90. The highest BCUT2D eigenvalue weighted by molar-refractivity contribution is 5.95. The highest BCUT2D eigenvalue weighted by Crippen LogP contribution is 2.14. The van der Waals surface area contributed by atoms with Crippen LogP contribution in [0.5, 0.6) is 0 Å². The van der Waals surface area contributed by atoms with Crippen LogP contribution in [-0.4, -0.2) is 58.0 Å². The van der Waals surface area contributed by atoms with Crippen molar-refractivity contribution in [2.45, 2.75) is 13.3 Å². The van der Waals surface area contributed by atoms with E-state index in [9.17, 15) is 14.0 Å². The van der Waals surface area contributed by atoms with E-state index in [1.54, 1.807) is 34.9 Å². The maximum atomic E-state index is 13.8. The number of carbonyl (C=O) groups excluding carboxylic acids is 2. The minimum Gasteiger partial charge on any atom is -0.337 e. The van der Waals surface area contributed by atoms with Crippen molar-refractivity contribution < 1.29 is 14.0 Å². The molecule has 0 atom stereocenters. The second-order valence-electron chi connectivity index (χ2n) is 6.00. The molecule has 1 aliphatic rings. The van der Waals surface area contributed by atoms with Crippen LogP contribution in [0.15, 0.2) is 36.5 Å². The van der Waals surface area contributed by atoms with E-state index in [2.05, 4.69) is 10.2 Å². The summed E-state index contributed by atoms with van der Waals surface area (Å²) >= 11 is 0. The molecule has 1 aromatic carbocycles. The third-order valence-corrected chi connectivity index (χ3v) is 4.20. The number of benzene rings is 1. The summed E-state index contributed by atoms with van der Waals surface area (Å²) in [7, 11) is 0. The van der Waals surface area contributed by atoms with E-state index in [0.717, 1.165) is 0 Å². The Hall–Kier alpha value is -2.83. The number of aromatic nitrogens is 2. The Morgan fingerprint density at radius 2 is 1.72 bits per heavy atom. The van der Waals surface area contributed by atoms with Gasteiger partial charge < -0.3 is 9.80 Å². The molecule has 0 spiro atoms. The lowest BCUT2D eigenvalue weighted by atomic mass is 10.2. The number of amides is 2. The van der Waals surface area contributed by atoms with Crippen LogP contribution >= 0.6 is 0 Å². The molecule has 1 aromatic heterocycles. The van der Waals surface area contributed by atoms with Crippen LogP contribution in [0.1, 0.15) is 32.8 Å². The lowest BCUT2D eigenvalue weighted by molar-refractivity contribution is 0.0716. The lowest BCUT2D eigenvalue weighted by Crippen LogP contribution is -2.37. The topological polar surface area (TPSA) is 66.4 Å². The molecule has 0 N–H and O–H groups in total. The Kier molecular flexibility index (Phi) is 5.02. The van der Waals surface area contributed by atoms with Gasteiger partial charge in [-0.15, -0.1) is 0 Å². The van der Waals surface area contributed by atoms with E-state index in [-0.39, 0.29) is 17.4 Å². The third-order valence-electron chi connectivity index (χ3n) is 4.20. The second-order valence-corrected chi connectivity index (χ2v) is 6.00. The molecule has 0 aliphatic carbocycles. The van der Waals surface area contributed by atoms with Crippen LogP contribution in [0, 0.1) is 12.7 Å². The number of hydrogen-bond donors (Lipinski definition) is 0. The Morgan fingerprint density at radius 3 is 2.40 bits per heavy atom. The van der Waals surface area contributed by atoms with Crippen molar-refractivity contribution in [2.24, 2.45) is 0 Å². The van der Waals surface area contributed by atoms with E-state index < -0.39 is 5.82 Å². The molecule has 130 valence electrons. The van der Waals surface area contributed by atoms with Gasteiger partial charge in [-0.2, -0.15) is 10.2 Å². The molecule has 2 aromatic rings. The van der Waals surface area contributed by atoms with Crippen LogP contribution in [0.4, 0.5) is 4.39 Å². The van der Waals surface area contributed by atoms with Crippen molar-refractivity contribution in [3.63, 3.8) is 0 Å².